The predicted molar refractivity (Wildman–Crippen MR) is 94.3 cm³/mol. The third-order valence-electron chi connectivity index (χ3n) is 4.54. The summed E-state index contributed by atoms with van der Waals surface area (Å²) < 4.78 is 5.94. The number of aliphatic hydroxyl groups is 1. The number of aliphatic hydroxyl groups excluding tert-OH is 1. The first-order valence-electron chi connectivity index (χ1n) is 7.38. The van der Waals surface area contributed by atoms with Crippen molar-refractivity contribution in [1.29, 1.82) is 5.26 Å². The summed E-state index contributed by atoms with van der Waals surface area (Å²) >= 11 is 0. The van der Waals surface area contributed by atoms with E-state index in [4.69, 9.17) is 10.5 Å². The second-order valence-corrected chi connectivity index (χ2v) is 6.43. The van der Waals surface area contributed by atoms with E-state index in [1.54, 1.807) is 12.1 Å². The van der Waals surface area contributed by atoms with Gasteiger partial charge in [0.15, 0.2) is 0 Å². The minimum atomic E-state index is -0.680. The SMILES string of the molecule is CC1(C)Oc2cc(N)c(C#N)cc2[C@H](N2CCCC2)[C@H]1O.Cl.Cl. The van der Waals surface area contributed by atoms with Crippen molar-refractivity contribution in [1.82, 2.24) is 4.90 Å². The molecule has 2 aliphatic heterocycles. The molecular formula is C16H23Cl2N3O2. The summed E-state index contributed by atoms with van der Waals surface area (Å²) in [4.78, 5) is 2.28. The number of benzene rings is 1. The van der Waals surface area contributed by atoms with Crippen LogP contribution in [0.15, 0.2) is 12.1 Å². The van der Waals surface area contributed by atoms with Crippen LogP contribution in [0.4, 0.5) is 5.69 Å². The van der Waals surface area contributed by atoms with Gasteiger partial charge in [-0.1, -0.05) is 0 Å². The van der Waals surface area contributed by atoms with Gasteiger partial charge in [-0.25, -0.2) is 0 Å². The van der Waals surface area contributed by atoms with Crippen LogP contribution >= 0.6 is 24.8 Å². The number of fused-ring (bicyclic) bond motifs is 1. The number of hydrogen-bond donors (Lipinski definition) is 2. The number of nitrogen functional groups attached to an aromatic ring is 1. The molecule has 0 saturated carbocycles. The zero-order valence-electron chi connectivity index (χ0n) is 13.3. The molecule has 2 aliphatic rings. The minimum absolute atomic E-state index is 0. The molecule has 1 saturated heterocycles. The summed E-state index contributed by atoms with van der Waals surface area (Å²) in [6.45, 7) is 5.70. The number of nitrogens with zero attached hydrogens (tertiary/aromatic N) is 2. The van der Waals surface area contributed by atoms with E-state index in [-0.39, 0.29) is 30.9 Å². The molecule has 3 rings (SSSR count). The van der Waals surface area contributed by atoms with Gasteiger partial charge < -0.3 is 15.6 Å². The van der Waals surface area contributed by atoms with Gasteiger partial charge >= 0.3 is 0 Å². The number of nitrogens with two attached hydrogens (primary N) is 1. The number of anilines is 1. The fourth-order valence-corrected chi connectivity index (χ4v) is 3.34. The zero-order valence-corrected chi connectivity index (χ0v) is 14.9. The molecule has 0 aliphatic carbocycles. The number of likely N-dealkylation sites (tertiary alicyclic amines) is 1. The molecule has 0 unspecified atom stereocenters. The van der Waals surface area contributed by atoms with Crippen molar-refractivity contribution >= 4 is 30.5 Å². The Morgan fingerprint density at radius 2 is 1.91 bits per heavy atom. The Morgan fingerprint density at radius 3 is 2.48 bits per heavy atom. The zero-order chi connectivity index (χ0) is 15.2. The van der Waals surface area contributed by atoms with Crippen molar-refractivity contribution in [2.75, 3.05) is 18.8 Å². The van der Waals surface area contributed by atoms with E-state index in [9.17, 15) is 10.4 Å². The molecule has 23 heavy (non-hydrogen) atoms. The Morgan fingerprint density at radius 1 is 1.30 bits per heavy atom. The second kappa shape index (κ2) is 7.14. The van der Waals surface area contributed by atoms with Crippen LogP contribution in [-0.2, 0) is 0 Å². The van der Waals surface area contributed by atoms with Gasteiger partial charge in [0.1, 0.15) is 23.5 Å². The third-order valence-corrected chi connectivity index (χ3v) is 4.54. The van der Waals surface area contributed by atoms with Crippen molar-refractivity contribution < 1.29 is 9.84 Å². The highest BCUT2D eigenvalue weighted by atomic mass is 35.5. The van der Waals surface area contributed by atoms with Crippen molar-refractivity contribution in [3.63, 3.8) is 0 Å². The average molecular weight is 360 g/mol. The largest absolute Gasteiger partial charge is 0.485 e. The molecule has 0 amide bonds. The van der Waals surface area contributed by atoms with Crippen LogP contribution in [0.25, 0.3) is 0 Å². The highest BCUT2D eigenvalue weighted by Crippen LogP contribution is 2.45. The quantitative estimate of drug-likeness (QED) is 0.753. The van der Waals surface area contributed by atoms with E-state index in [1.165, 1.54) is 0 Å². The summed E-state index contributed by atoms with van der Waals surface area (Å²) in [6.07, 6.45) is 1.64. The van der Waals surface area contributed by atoms with E-state index in [1.807, 2.05) is 13.8 Å². The number of nitriles is 1. The molecule has 7 heteroatoms. The van der Waals surface area contributed by atoms with Crippen molar-refractivity contribution in [2.45, 2.75) is 44.4 Å². The highest BCUT2D eigenvalue weighted by Gasteiger charge is 2.46. The molecular weight excluding hydrogens is 337 g/mol. The van der Waals surface area contributed by atoms with Crippen LogP contribution in [0.3, 0.4) is 0 Å². The maximum Gasteiger partial charge on any atom is 0.131 e. The molecule has 128 valence electrons. The van der Waals surface area contributed by atoms with Gasteiger partial charge in [-0.15, -0.1) is 24.8 Å². The van der Waals surface area contributed by atoms with Gasteiger partial charge in [-0.05, 0) is 45.8 Å². The van der Waals surface area contributed by atoms with E-state index < -0.39 is 11.7 Å². The summed E-state index contributed by atoms with van der Waals surface area (Å²) in [7, 11) is 0. The van der Waals surface area contributed by atoms with Gasteiger partial charge in [0.25, 0.3) is 0 Å². The van der Waals surface area contributed by atoms with Crippen LogP contribution in [0.1, 0.15) is 43.9 Å². The van der Waals surface area contributed by atoms with Crippen LogP contribution in [-0.4, -0.2) is 34.8 Å². The van der Waals surface area contributed by atoms with Crippen LogP contribution in [0.2, 0.25) is 0 Å². The summed E-state index contributed by atoms with van der Waals surface area (Å²) in [5.41, 5.74) is 6.95. The number of rotatable bonds is 1. The summed E-state index contributed by atoms with van der Waals surface area (Å²) in [5, 5.41) is 19.9. The van der Waals surface area contributed by atoms with Gasteiger partial charge in [0.2, 0.25) is 0 Å². The van der Waals surface area contributed by atoms with Gasteiger partial charge in [-0.2, -0.15) is 5.26 Å². The van der Waals surface area contributed by atoms with E-state index in [0.717, 1.165) is 31.5 Å². The van der Waals surface area contributed by atoms with Crippen molar-refractivity contribution in [2.24, 2.45) is 0 Å². The van der Waals surface area contributed by atoms with Gasteiger partial charge in [0.05, 0.1) is 17.3 Å². The normalized spacial score (nSPS) is 25.3. The molecule has 1 fully saturated rings. The maximum atomic E-state index is 10.8. The first kappa shape index (κ1) is 19.9. The number of halogens is 2. The molecule has 3 N–H and O–H groups in total. The van der Waals surface area contributed by atoms with Crippen LogP contribution in [0.5, 0.6) is 5.75 Å². The topological polar surface area (TPSA) is 82.5 Å². The molecule has 0 radical (unpaired) electrons. The lowest BCUT2D eigenvalue weighted by Gasteiger charge is -2.45. The average Bonchev–Trinajstić information content (AvgIpc) is 2.93. The molecule has 5 nitrogen and oxygen atoms in total. The Kier molecular flexibility index (Phi) is 6.17. The van der Waals surface area contributed by atoms with E-state index in [2.05, 4.69) is 11.0 Å². The number of hydrogen-bond acceptors (Lipinski definition) is 5. The lowest BCUT2D eigenvalue weighted by molar-refractivity contribution is -0.0894. The molecule has 2 heterocycles. The Balaban J connectivity index is 0.00000132. The standard InChI is InChI=1S/C16H21N3O2.2ClH/c1-16(2)15(20)14(19-5-3-4-6-19)11-7-10(9-17)12(18)8-13(11)21-16;;/h7-8,14-15,20H,3-6,18H2,1-2H3;2*1H/t14-,15+;;/m0../s1. The van der Waals surface area contributed by atoms with Crippen molar-refractivity contribution in [3.05, 3.63) is 23.3 Å². The van der Waals surface area contributed by atoms with Gasteiger partial charge in [0, 0.05) is 11.6 Å². The monoisotopic (exact) mass is 359 g/mol. The number of ether oxygens (including phenoxy) is 1. The first-order chi connectivity index (χ1) is 9.94. The van der Waals surface area contributed by atoms with Gasteiger partial charge in [-0.3, -0.25) is 4.90 Å². The van der Waals surface area contributed by atoms with Crippen LogP contribution in [0, 0.1) is 11.3 Å². The maximum absolute atomic E-state index is 10.8. The first-order valence-corrected chi connectivity index (χ1v) is 7.38. The molecule has 1 aromatic carbocycles. The third kappa shape index (κ3) is 3.36. The minimum Gasteiger partial charge on any atom is -0.485 e. The van der Waals surface area contributed by atoms with Crippen LogP contribution < -0.4 is 10.5 Å². The lowest BCUT2D eigenvalue weighted by atomic mass is 9.85. The fourth-order valence-electron chi connectivity index (χ4n) is 3.34. The molecule has 1 aromatic rings. The Hall–Kier alpha value is -1.19. The summed E-state index contributed by atoms with van der Waals surface area (Å²) in [6, 6.07) is 5.45. The lowest BCUT2D eigenvalue weighted by Crippen LogP contribution is -2.53. The molecule has 0 bridgehead atoms. The molecule has 0 spiro atoms. The van der Waals surface area contributed by atoms with Crippen molar-refractivity contribution in [3.8, 4) is 11.8 Å². The Labute approximate surface area is 149 Å². The summed E-state index contributed by atoms with van der Waals surface area (Å²) in [5.74, 6) is 0.679. The molecule has 0 aromatic heterocycles. The molecule has 2 atom stereocenters. The Bertz CT molecular complexity index is 610. The fraction of sp³-hybridized carbons (Fsp3) is 0.562. The smallest absolute Gasteiger partial charge is 0.131 e. The highest BCUT2D eigenvalue weighted by molar-refractivity contribution is 5.85. The van der Waals surface area contributed by atoms with E-state index in [0.29, 0.717) is 17.0 Å². The predicted octanol–water partition coefficient (Wildman–Crippen LogP) is 2.65. The van der Waals surface area contributed by atoms with E-state index >= 15 is 0 Å². The second-order valence-electron chi connectivity index (χ2n) is 6.43.